The molecule has 1 nitrogen and oxygen atoms in total. The minimum atomic E-state index is -0.290. The Labute approximate surface area is 128 Å². The van der Waals surface area contributed by atoms with Gasteiger partial charge in [0, 0.05) is 27.4 Å². The Balaban J connectivity index is 2.27. The summed E-state index contributed by atoms with van der Waals surface area (Å²) in [6.45, 7) is 6.49. The Morgan fingerprint density at radius 2 is 1.52 bits per heavy atom. The number of hydrogen-bond acceptors (Lipinski definition) is 2. The van der Waals surface area contributed by atoms with Gasteiger partial charge in [0.05, 0.1) is 0 Å². The zero-order chi connectivity index (χ0) is 15.5. The van der Waals surface area contributed by atoms with E-state index in [1.54, 1.807) is 24.3 Å². The highest BCUT2D eigenvalue weighted by Gasteiger charge is 2.15. The molecule has 2 rings (SSSR count). The topological polar surface area (TPSA) is 12.0 Å². The van der Waals surface area contributed by atoms with Crippen LogP contribution in [-0.2, 0) is 6.54 Å². The third-order valence-electron chi connectivity index (χ3n) is 2.93. The largest absolute Gasteiger partial charge is 0.308 e. The molecule has 0 aliphatic heterocycles. The van der Waals surface area contributed by atoms with Crippen LogP contribution in [0.4, 0.5) is 8.78 Å². The fourth-order valence-electron chi connectivity index (χ4n) is 1.81. The van der Waals surface area contributed by atoms with Gasteiger partial charge in [-0.05, 0) is 45.0 Å². The Bertz CT molecular complexity index is 620. The Morgan fingerprint density at radius 1 is 0.905 bits per heavy atom. The van der Waals surface area contributed by atoms with Gasteiger partial charge in [0.2, 0.25) is 0 Å². The Morgan fingerprint density at radius 3 is 2.19 bits per heavy atom. The summed E-state index contributed by atoms with van der Waals surface area (Å²) in [7, 11) is 0. The summed E-state index contributed by atoms with van der Waals surface area (Å²) in [6.07, 6.45) is 0. The molecule has 0 atom stereocenters. The minimum Gasteiger partial charge on any atom is -0.308 e. The number of halogens is 2. The predicted molar refractivity (Wildman–Crippen MR) is 83.5 cm³/mol. The quantitative estimate of drug-likeness (QED) is 0.852. The third-order valence-corrected chi connectivity index (χ3v) is 4.08. The average Bonchev–Trinajstić information content (AvgIpc) is 2.39. The van der Waals surface area contributed by atoms with E-state index in [-0.39, 0.29) is 17.2 Å². The molecule has 2 aromatic carbocycles. The molecular formula is C17H19F2NS. The fourth-order valence-corrected chi connectivity index (χ4v) is 2.79. The van der Waals surface area contributed by atoms with Crippen molar-refractivity contribution < 1.29 is 8.78 Å². The molecule has 0 unspecified atom stereocenters. The van der Waals surface area contributed by atoms with Gasteiger partial charge in [0.15, 0.2) is 0 Å². The second kappa shape index (κ2) is 6.58. The first kappa shape index (κ1) is 16.0. The van der Waals surface area contributed by atoms with Crippen LogP contribution in [0.5, 0.6) is 0 Å². The van der Waals surface area contributed by atoms with E-state index < -0.39 is 0 Å². The molecule has 21 heavy (non-hydrogen) atoms. The van der Waals surface area contributed by atoms with Crippen molar-refractivity contribution in [2.24, 2.45) is 0 Å². The molecule has 4 heteroatoms. The van der Waals surface area contributed by atoms with Crippen molar-refractivity contribution in [3.63, 3.8) is 0 Å². The molecule has 112 valence electrons. The molecule has 1 N–H and O–H groups in total. The molecule has 0 bridgehead atoms. The summed E-state index contributed by atoms with van der Waals surface area (Å²) >= 11 is 1.25. The lowest BCUT2D eigenvalue weighted by molar-refractivity contribution is 0.416. The maximum atomic E-state index is 14.1. The Kier molecular flexibility index (Phi) is 5.01. The molecule has 0 saturated heterocycles. The monoisotopic (exact) mass is 307 g/mol. The second-order valence-electron chi connectivity index (χ2n) is 5.85. The third kappa shape index (κ3) is 4.55. The smallest absolute Gasteiger partial charge is 0.137 e. The van der Waals surface area contributed by atoms with Gasteiger partial charge in [-0.2, -0.15) is 0 Å². The fraction of sp³-hybridized carbons (Fsp3) is 0.294. The highest BCUT2D eigenvalue weighted by Crippen LogP contribution is 2.33. The van der Waals surface area contributed by atoms with Gasteiger partial charge >= 0.3 is 0 Å². The summed E-state index contributed by atoms with van der Waals surface area (Å²) < 4.78 is 27.8. The molecule has 0 aliphatic rings. The first-order chi connectivity index (χ1) is 9.87. The van der Waals surface area contributed by atoms with Crippen molar-refractivity contribution in [2.45, 2.75) is 42.6 Å². The van der Waals surface area contributed by atoms with E-state index in [1.807, 2.05) is 26.8 Å². The highest BCUT2D eigenvalue weighted by atomic mass is 32.2. The van der Waals surface area contributed by atoms with Gasteiger partial charge in [-0.3, -0.25) is 0 Å². The van der Waals surface area contributed by atoms with Gasteiger partial charge in [0.25, 0.3) is 0 Å². The maximum Gasteiger partial charge on any atom is 0.137 e. The second-order valence-corrected chi connectivity index (χ2v) is 6.94. The van der Waals surface area contributed by atoms with Crippen molar-refractivity contribution >= 4 is 11.8 Å². The van der Waals surface area contributed by atoms with Crippen LogP contribution >= 0.6 is 11.8 Å². The van der Waals surface area contributed by atoms with Crippen molar-refractivity contribution in [2.75, 3.05) is 0 Å². The lowest BCUT2D eigenvalue weighted by atomic mass is 10.1. The molecule has 2 aromatic rings. The molecule has 0 amide bonds. The summed E-state index contributed by atoms with van der Waals surface area (Å²) in [4.78, 5) is 1.23. The highest BCUT2D eigenvalue weighted by molar-refractivity contribution is 7.99. The lowest BCUT2D eigenvalue weighted by Gasteiger charge is -2.22. The first-order valence-electron chi connectivity index (χ1n) is 6.81. The van der Waals surface area contributed by atoms with Crippen LogP contribution in [0.1, 0.15) is 26.3 Å². The van der Waals surface area contributed by atoms with Gasteiger partial charge in [-0.25, -0.2) is 8.78 Å². The van der Waals surface area contributed by atoms with Gasteiger partial charge in [0.1, 0.15) is 11.6 Å². The maximum absolute atomic E-state index is 14.1. The van der Waals surface area contributed by atoms with E-state index in [0.29, 0.717) is 17.0 Å². The lowest BCUT2D eigenvalue weighted by Crippen LogP contribution is -2.35. The van der Waals surface area contributed by atoms with E-state index in [1.165, 1.54) is 23.9 Å². The van der Waals surface area contributed by atoms with Gasteiger partial charge in [-0.1, -0.05) is 30.0 Å². The molecule has 0 aliphatic carbocycles. The molecule has 0 radical (unpaired) electrons. The summed E-state index contributed by atoms with van der Waals surface area (Å²) in [5.74, 6) is -0.561. The number of nitrogens with one attached hydrogen (secondary N) is 1. The van der Waals surface area contributed by atoms with Crippen LogP contribution in [0.3, 0.4) is 0 Å². The van der Waals surface area contributed by atoms with E-state index in [4.69, 9.17) is 0 Å². The zero-order valence-corrected chi connectivity index (χ0v) is 13.2. The molecule has 0 saturated carbocycles. The Hall–Kier alpha value is -1.39. The van der Waals surface area contributed by atoms with Crippen LogP contribution in [0.25, 0.3) is 0 Å². The van der Waals surface area contributed by atoms with Crippen molar-refractivity contribution in [1.29, 1.82) is 0 Å². The van der Waals surface area contributed by atoms with Crippen LogP contribution in [0.2, 0.25) is 0 Å². The minimum absolute atomic E-state index is 0.109. The number of benzene rings is 2. The molecule has 0 heterocycles. The van der Waals surface area contributed by atoms with Gasteiger partial charge in [-0.15, -0.1) is 0 Å². The van der Waals surface area contributed by atoms with Crippen molar-refractivity contribution in [1.82, 2.24) is 5.32 Å². The van der Waals surface area contributed by atoms with Crippen LogP contribution in [-0.4, -0.2) is 5.54 Å². The summed E-state index contributed by atoms with van der Waals surface area (Å²) in [6, 6.07) is 11.4. The summed E-state index contributed by atoms with van der Waals surface area (Å²) in [5.41, 5.74) is 0.461. The SMILES string of the molecule is CC(C)(C)NCc1c(F)cccc1Sc1ccccc1F. The molecular weight excluding hydrogens is 288 g/mol. The molecule has 0 fully saturated rings. The number of hydrogen-bond donors (Lipinski definition) is 1. The van der Waals surface area contributed by atoms with E-state index in [0.717, 1.165) is 4.90 Å². The van der Waals surface area contributed by atoms with Crippen LogP contribution in [0.15, 0.2) is 52.3 Å². The molecule has 0 aromatic heterocycles. The van der Waals surface area contributed by atoms with E-state index in [9.17, 15) is 8.78 Å². The van der Waals surface area contributed by atoms with Crippen molar-refractivity contribution in [3.05, 3.63) is 59.7 Å². The molecule has 0 spiro atoms. The van der Waals surface area contributed by atoms with Crippen molar-refractivity contribution in [3.8, 4) is 0 Å². The van der Waals surface area contributed by atoms with E-state index in [2.05, 4.69) is 5.32 Å². The van der Waals surface area contributed by atoms with Crippen LogP contribution in [0, 0.1) is 11.6 Å². The standard InChI is InChI=1S/C17H19F2NS/c1-17(2,3)20-11-12-13(18)8-6-10-15(12)21-16-9-5-4-7-14(16)19/h4-10,20H,11H2,1-3H3. The zero-order valence-electron chi connectivity index (χ0n) is 12.4. The first-order valence-corrected chi connectivity index (χ1v) is 7.63. The summed E-state index contributed by atoms with van der Waals surface area (Å²) in [5, 5.41) is 3.27. The van der Waals surface area contributed by atoms with E-state index >= 15 is 0 Å². The average molecular weight is 307 g/mol. The normalized spacial score (nSPS) is 11.7. The van der Waals surface area contributed by atoms with Gasteiger partial charge < -0.3 is 5.32 Å². The predicted octanol–water partition coefficient (Wildman–Crippen LogP) is 5.00. The number of rotatable bonds is 4. The van der Waals surface area contributed by atoms with Crippen LogP contribution < -0.4 is 5.32 Å².